The molecule has 0 aromatic carbocycles. The van der Waals surface area contributed by atoms with Crippen molar-refractivity contribution in [1.29, 1.82) is 0 Å². The number of Topliss-reactive ketones (excluding diaryl/α,β-unsaturated/α-hetero) is 1. The summed E-state index contributed by atoms with van der Waals surface area (Å²) in [5.74, 6) is -3.44. The number of esters is 1. The Balaban J connectivity index is 4.96. The number of allylic oxidation sites excluding steroid dienone is 1. The molecule has 0 saturated heterocycles. The first-order chi connectivity index (χ1) is 6.34. The van der Waals surface area contributed by atoms with Gasteiger partial charge in [-0.1, -0.05) is 13.0 Å². The van der Waals surface area contributed by atoms with Crippen LogP contribution in [0.1, 0.15) is 13.3 Å². The molecule has 3 nitrogen and oxygen atoms in total. The lowest BCUT2D eigenvalue weighted by Crippen LogP contribution is -2.28. The van der Waals surface area contributed by atoms with Gasteiger partial charge in [0.25, 0.3) is 5.78 Å². The molecule has 0 aliphatic rings. The van der Waals surface area contributed by atoms with Gasteiger partial charge in [-0.2, -0.15) is 13.2 Å². The molecule has 0 N–H and O–H groups in total. The van der Waals surface area contributed by atoms with Gasteiger partial charge >= 0.3 is 12.1 Å². The Kier molecular flexibility index (Phi) is 4.33. The monoisotopic (exact) mass is 210 g/mol. The fraction of sp³-hybridized carbons (Fsp3) is 0.500. The molecule has 0 spiro atoms. The van der Waals surface area contributed by atoms with E-state index in [1.165, 1.54) is 6.92 Å². The number of halogens is 3. The Hall–Kier alpha value is -1.33. The third-order valence-corrected chi connectivity index (χ3v) is 1.32. The van der Waals surface area contributed by atoms with Crippen molar-refractivity contribution in [2.45, 2.75) is 19.5 Å². The average molecular weight is 210 g/mol. The first kappa shape index (κ1) is 12.7. The SMILES string of the molecule is CC/C=C(\C(=O)OC)C(=O)C(F)(F)F. The van der Waals surface area contributed by atoms with Crippen LogP contribution in [-0.4, -0.2) is 25.0 Å². The van der Waals surface area contributed by atoms with E-state index in [0.717, 1.165) is 13.2 Å². The maximum absolute atomic E-state index is 11.9. The van der Waals surface area contributed by atoms with Crippen molar-refractivity contribution in [2.75, 3.05) is 7.11 Å². The first-order valence-electron chi connectivity index (χ1n) is 3.74. The van der Waals surface area contributed by atoms with Crippen LogP contribution in [0.25, 0.3) is 0 Å². The van der Waals surface area contributed by atoms with Crippen LogP contribution < -0.4 is 0 Å². The summed E-state index contributed by atoms with van der Waals surface area (Å²) in [7, 11) is 0.912. The highest BCUT2D eigenvalue weighted by Gasteiger charge is 2.43. The number of alkyl halides is 3. The molecule has 0 aliphatic carbocycles. The van der Waals surface area contributed by atoms with Crippen molar-refractivity contribution >= 4 is 11.8 Å². The second-order valence-corrected chi connectivity index (χ2v) is 2.34. The molecule has 80 valence electrons. The van der Waals surface area contributed by atoms with Gasteiger partial charge in [-0.3, -0.25) is 4.79 Å². The number of carbonyl (C=O) groups is 2. The van der Waals surface area contributed by atoms with E-state index < -0.39 is 23.5 Å². The highest BCUT2D eigenvalue weighted by Crippen LogP contribution is 2.21. The van der Waals surface area contributed by atoms with Crippen LogP contribution in [0.2, 0.25) is 0 Å². The van der Waals surface area contributed by atoms with Gasteiger partial charge in [0.2, 0.25) is 0 Å². The van der Waals surface area contributed by atoms with Gasteiger partial charge in [0.1, 0.15) is 5.57 Å². The maximum Gasteiger partial charge on any atom is 0.455 e. The summed E-state index contributed by atoms with van der Waals surface area (Å²) < 4.78 is 39.8. The normalized spacial score (nSPS) is 12.5. The van der Waals surface area contributed by atoms with E-state index in [-0.39, 0.29) is 6.42 Å². The van der Waals surface area contributed by atoms with Gasteiger partial charge in [0.15, 0.2) is 0 Å². The number of rotatable bonds is 3. The summed E-state index contributed by atoms with van der Waals surface area (Å²) in [6, 6.07) is 0. The van der Waals surface area contributed by atoms with E-state index in [1.54, 1.807) is 0 Å². The Morgan fingerprint density at radius 1 is 1.36 bits per heavy atom. The van der Waals surface area contributed by atoms with E-state index in [2.05, 4.69) is 4.74 Å². The van der Waals surface area contributed by atoms with Crippen molar-refractivity contribution < 1.29 is 27.5 Å². The molecule has 0 aromatic rings. The minimum absolute atomic E-state index is 0.145. The van der Waals surface area contributed by atoms with Crippen molar-refractivity contribution in [3.05, 3.63) is 11.6 Å². The summed E-state index contributed by atoms with van der Waals surface area (Å²) in [6.45, 7) is 1.51. The van der Waals surface area contributed by atoms with Gasteiger partial charge in [-0.25, -0.2) is 4.79 Å². The van der Waals surface area contributed by atoms with Crippen LogP contribution in [0, 0.1) is 0 Å². The average Bonchev–Trinajstić information content (AvgIpc) is 2.10. The van der Waals surface area contributed by atoms with Crippen molar-refractivity contribution in [3.63, 3.8) is 0 Å². The molecule has 6 heteroatoms. The summed E-state index contributed by atoms with van der Waals surface area (Å²) in [6.07, 6.45) is -4.01. The second-order valence-electron chi connectivity index (χ2n) is 2.34. The Morgan fingerprint density at radius 3 is 2.14 bits per heavy atom. The molecular formula is C8H9F3O3. The van der Waals surface area contributed by atoms with Gasteiger partial charge in [0, 0.05) is 0 Å². The second kappa shape index (κ2) is 4.78. The van der Waals surface area contributed by atoms with Gasteiger partial charge < -0.3 is 4.74 Å². The largest absolute Gasteiger partial charge is 0.465 e. The molecular weight excluding hydrogens is 201 g/mol. The fourth-order valence-corrected chi connectivity index (χ4v) is 0.736. The van der Waals surface area contributed by atoms with Crippen LogP contribution in [0.5, 0.6) is 0 Å². The highest BCUT2D eigenvalue weighted by molar-refractivity contribution is 6.19. The summed E-state index contributed by atoms with van der Waals surface area (Å²) in [5.41, 5.74) is -0.970. The predicted octanol–water partition coefficient (Wildman–Crippen LogP) is 1.63. The fourth-order valence-electron chi connectivity index (χ4n) is 0.736. The number of ether oxygens (including phenoxy) is 1. The molecule has 0 amide bonds. The van der Waals surface area contributed by atoms with Crippen molar-refractivity contribution in [2.24, 2.45) is 0 Å². The smallest absolute Gasteiger partial charge is 0.455 e. The van der Waals surface area contributed by atoms with Crippen LogP contribution in [-0.2, 0) is 14.3 Å². The van der Waals surface area contributed by atoms with Gasteiger partial charge in [0.05, 0.1) is 7.11 Å². The Morgan fingerprint density at radius 2 is 1.86 bits per heavy atom. The zero-order chi connectivity index (χ0) is 11.4. The molecule has 0 aliphatic heterocycles. The predicted molar refractivity (Wildman–Crippen MR) is 41.5 cm³/mol. The van der Waals surface area contributed by atoms with Crippen LogP contribution in [0.15, 0.2) is 11.6 Å². The summed E-state index contributed by atoms with van der Waals surface area (Å²) in [5, 5.41) is 0. The summed E-state index contributed by atoms with van der Waals surface area (Å²) in [4.78, 5) is 21.4. The maximum atomic E-state index is 11.9. The molecule has 14 heavy (non-hydrogen) atoms. The Bertz CT molecular complexity index is 265. The Labute approximate surface area is 78.5 Å². The highest BCUT2D eigenvalue weighted by atomic mass is 19.4. The number of methoxy groups -OCH3 is 1. The quantitative estimate of drug-likeness (QED) is 0.308. The minimum atomic E-state index is -5.05. The lowest BCUT2D eigenvalue weighted by Gasteiger charge is -2.06. The van der Waals surface area contributed by atoms with Crippen molar-refractivity contribution in [1.82, 2.24) is 0 Å². The molecule has 0 saturated carbocycles. The molecule has 0 atom stereocenters. The molecule has 0 rings (SSSR count). The minimum Gasteiger partial charge on any atom is -0.465 e. The number of ketones is 1. The van der Waals surface area contributed by atoms with Gasteiger partial charge in [-0.05, 0) is 6.42 Å². The van der Waals surface area contributed by atoms with E-state index >= 15 is 0 Å². The molecule has 0 heterocycles. The van der Waals surface area contributed by atoms with E-state index in [4.69, 9.17) is 0 Å². The third-order valence-electron chi connectivity index (χ3n) is 1.32. The topological polar surface area (TPSA) is 43.4 Å². The lowest BCUT2D eigenvalue weighted by atomic mass is 10.1. The molecule has 0 fully saturated rings. The molecule has 0 bridgehead atoms. The third kappa shape index (κ3) is 3.20. The number of carbonyl (C=O) groups excluding carboxylic acids is 2. The standard InChI is InChI=1S/C8H9F3O3/c1-3-4-5(7(13)14-2)6(12)8(9,10)11/h4H,3H2,1-2H3/b5-4-. The zero-order valence-electron chi connectivity index (χ0n) is 7.64. The molecule has 0 radical (unpaired) electrons. The number of hydrogen-bond donors (Lipinski definition) is 0. The number of hydrogen-bond acceptors (Lipinski definition) is 3. The van der Waals surface area contributed by atoms with E-state index in [9.17, 15) is 22.8 Å². The lowest BCUT2D eigenvalue weighted by molar-refractivity contribution is -0.168. The zero-order valence-corrected chi connectivity index (χ0v) is 7.64. The van der Waals surface area contributed by atoms with E-state index in [1.807, 2.05) is 0 Å². The van der Waals surface area contributed by atoms with Gasteiger partial charge in [-0.15, -0.1) is 0 Å². The first-order valence-corrected chi connectivity index (χ1v) is 3.74. The summed E-state index contributed by atoms with van der Waals surface area (Å²) >= 11 is 0. The van der Waals surface area contributed by atoms with Crippen molar-refractivity contribution in [3.8, 4) is 0 Å². The van der Waals surface area contributed by atoms with Crippen LogP contribution in [0.3, 0.4) is 0 Å². The van der Waals surface area contributed by atoms with E-state index in [0.29, 0.717) is 0 Å². The molecule has 0 unspecified atom stereocenters. The van der Waals surface area contributed by atoms with Crippen LogP contribution >= 0.6 is 0 Å². The molecule has 0 aromatic heterocycles. The van der Waals surface area contributed by atoms with Crippen LogP contribution in [0.4, 0.5) is 13.2 Å².